The van der Waals surface area contributed by atoms with Crippen molar-refractivity contribution in [2.75, 3.05) is 19.6 Å². The molecule has 0 saturated carbocycles. The highest BCUT2D eigenvalue weighted by Crippen LogP contribution is 2.25. The van der Waals surface area contributed by atoms with Crippen molar-refractivity contribution in [3.05, 3.63) is 57.8 Å². The normalized spacial score (nSPS) is 20.4. The average molecular weight is 427 g/mol. The van der Waals surface area contributed by atoms with Crippen LogP contribution in [-0.2, 0) is 6.42 Å². The molecule has 1 aliphatic heterocycles. The first-order valence-electron chi connectivity index (χ1n) is 10.2. The Morgan fingerprint density at radius 3 is 2.80 bits per heavy atom. The average Bonchev–Trinajstić information content (AvgIpc) is 3.25. The largest absolute Gasteiger partial charge is 0.422 e. The van der Waals surface area contributed by atoms with Gasteiger partial charge in [-0.05, 0) is 38.5 Å². The van der Waals surface area contributed by atoms with Crippen LogP contribution < -0.4 is 10.9 Å². The predicted molar refractivity (Wildman–Crippen MR) is 117 cm³/mol. The first-order chi connectivity index (χ1) is 14.5. The van der Waals surface area contributed by atoms with Gasteiger partial charge >= 0.3 is 5.63 Å². The number of hydrogen-bond donors (Lipinski definition) is 1. The Bertz CT molecular complexity index is 1240. The summed E-state index contributed by atoms with van der Waals surface area (Å²) in [6.07, 6.45) is 4.92. The Balaban J connectivity index is 1.38. The predicted octanol–water partition coefficient (Wildman–Crippen LogP) is 3.53. The SMILES string of the molecule is C[C@@H]1CNC[C@H](C)N1CCc1cn2cc(-c3cc4ccc(F)cc4oc3=O)nc2s1. The number of nitrogens with one attached hydrogen (secondary N) is 1. The molecule has 1 saturated heterocycles. The van der Waals surface area contributed by atoms with Crippen molar-refractivity contribution in [2.45, 2.75) is 32.4 Å². The fourth-order valence-corrected chi connectivity index (χ4v) is 5.15. The Kier molecular flexibility index (Phi) is 4.92. The molecular formula is C22H23FN4O2S. The molecule has 0 spiro atoms. The molecule has 4 aromatic rings. The smallest absolute Gasteiger partial charge is 0.345 e. The zero-order chi connectivity index (χ0) is 20.8. The van der Waals surface area contributed by atoms with Crippen LogP contribution in [0.2, 0.25) is 0 Å². The number of hydrogen-bond acceptors (Lipinski definition) is 6. The molecule has 0 amide bonds. The number of nitrogens with zero attached hydrogens (tertiary/aromatic N) is 3. The number of imidazole rings is 1. The maximum atomic E-state index is 13.4. The Morgan fingerprint density at radius 2 is 2.03 bits per heavy atom. The molecule has 0 bridgehead atoms. The van der Waals surface area contributed by atoms with Gasteiger partial charge in [-0.3, -0.25) is 9.30 Å². The summed E-state index contributed by atoms with van der Waals surface area (Å²) in [5, 5.41) is 4.13. The van der Waals surface area contributed by atoms with E-state index in [9.17, 15) is 9.18 Å². The summed E-state index contributed by atoms with van der Waals surface area (Å²) >= 11 is 1.64. The van der Waals surface area contributed by atoms with Gasteiger partial charge in [-0.2, -0.15) is 0 Å². The lowest BCUT2D eigenvalue weighted by Crippen LogP contribution is -2.55. The molecule has 1 aliphatic rings. The van der Waals surface area contributed by atoms with Crippen molar-refractivity contribution in [1.29, 1.82) is 0 Å². The minimum absolute atomic E-state index is 0.239. The molecule has 0 unspecified atom stereocenters. The van der Waals surface area contributed by atoms with Crippen LogP contribution in [-0.4, -0.2) is 46.0 Å². The van der Waals surface area contributed by atoms with Gasteiger partial charge in [0.1, 0.15) is 11.4 Å². The number of thiazole rings is 1. The van der Waals surface area contributed by atoms with Gasteiger partial charge in [0.05, 0.1) is 11.3 Å². The third kappa shape index (κ3) is 3.55. The first-order valence-corrected chi connectivity index (χ1v) is 11.0. The Labute approximate surface area is 177 Å². The fourth-order valence-electron chi connectivity index (χ4n) is 4.20. The van der Waals surface area contributed by atoms with E-state index in [0.717, 1.165) is 31.0 Å². The molecule has 0 radical (unpaired) electrons. The maximum Gasteiger partial charge on any atom is 0.345 e. The quantitative estimate of drug-likeness (QED) is 0.506. The zero-order valence-electron chi connectivity index (χ0n) is 16.9. The monoisotopic (exact) mass is 426 g/mol. The summed E-state index contributed by atoms with van der Waals surface area (Å²) < 4.78 is 20.6. The third-order valence-corrected chi connectivity index (χ3v) is 6.86. The molecule has 156 valence electrons. The highest BCUT2D eigenvalue weighted by atomic mass is 32.1. The molecule has 1 fully saturated rings. The van der Waals surface area contributed by atoms with Crippen LogP contribution >= 0.6 is 11.3 Å². The lowest BCUT2D eigenvalue weighted by Gasteiger charge is -2.39. The highest BCUT2D eigenvalue weighted by molar-refractivity contribution is 7.17. The molecule has 4 heterocycles. The van der Waals surface area contributed by atoms with Crippen molar-refractivity contribution in [3.8, 4) is 11.3 Å². The van der Waals surface area contributed by atoms with Crippen molar-refractivity contribution in [1.82, 2.24) is 19.6 Å². The number of benzene rings is 1. The number of rotatable bonds is 4. The van der Waals surface area contributed by atoms with Crippen LogP contribution in [0.15, 0.2) is 45.9 Å². The molecule has 5 rings (SSSR count). The van der Waals surface area contributed by atoms with E-state index in [0.29, 0.717) is 28.7 Å². The Morgan fingerprint density at radius 1 is 1.23 bits per heavy atom. The number of halogens is 1. The second-order valence-corrected chi connectivity index (χ2v) is 9.08. The van der Waals surface area contributed by atoms with Crippen LogP contribution in [0.25, 0.3) is 27.2 Å². The number of piperazine rings is 1. The topological polar surface area (TPSA) is 62.8 Å². The zero-order valence-corrected chi connectivity index (χ0v) is 17.7. The van der Waals surface area contributed by atoms with Gasteiger partial charge < -0.3 is 9.73 Å². The van der Waals surface area contributed by atoms with Crippen molar-refractivity contribution in [2.24, 2.45) is 0 Å². The molecule has 1 aromatic carbocycles. The van der Waals surface area contributed by atoms with Crippen molar-refractivity contribution >= 4 is 27.3 Å². The second kappa shape index (κ2) is 7.61. The summed E-state index contributed by atoms with van der Waals surface area (Å²) in [4.78, 5) is 21.7. The summed E-state index contributed by atoms with van der Waals surface area (Å²) in [5.41, 5.74) is 0.677. The lowest BCUT2D eigenvalue weighted by molar-refractivity contribution is 0.119. The van der Waals surface area contributed by atoms with Crippen LogP contribution in [0.1, 0.15) is 18.7 Å². The molecule has 6 nitrogen and oxygen atoms in total. The van der Waals surface area contributed by atoms with E-state index < -0.39 is 11.4 Å². The molecule has 8 heteroatoms. The molecule has 30 heavy (non-hydrogen) atoms. The minimum atomic E-state index is -0.513. The second-order valence-electron chi connectivity index (χ2n) is 7.99. The van der Waals surface area contributed by atoms with Gasteiger partial charge in [0.15, 0.2) is 4.96 Å². The van der Waals surface area contributed by atoms with Crippen molar-refractivity contribution in [3.63, 3.8) is 0 Å². The molecule has 1 N–H and O–H groups in total. The van der Waals surface area contributed by atoms with E-state index in [-0.39, 0.29) is 5.58 Å². The summed E-state index contributed by atoms with van der Waals surface area (Å²) in [6, 6.07) is 6.95. The van der Waals surface area contributed by atoms with Gasteiger partial charge in [-0.1, -0.05) is 0 Å². The lowest BCUT2D eigenvalue weighted by atomic mass is 10.1. The standard InChI is InChI=1S/C22H23FN4O2S/c1-13-9-24-10-14(2)27(13)6-5-17-11-26-12-19(25-22(26)30-17)18-7-15-3-4-16(23)8-20(15)29-21(18)28/h3-4,7-8,11-14,24H,5-6,9-10H2,1-2H3/t13-,14+. The van der Waals surface area contributed by atoms with Gasteiger partial charge in [-0.15, -0.1) is 11.3 Å². The molecular weight excluding hydrogens is 403 g/mol. The van der Waals surface area contributed by atoms with E-state index in [1.807, 2.05) is 10.6 Å². The minimum Gasteiger partial charge on any atom is -0.422 e. The van der Waals surface area contributed by atoms with Gasteiger partial charge in [0.2, 0.25) is 0 Å². The van der Waals surface area contributed by atoms with Gasteiger partial charge in [0, 0.05) is 60.4 Å². The van der Waals surface area contributed by atoms with Crippen LogP contribution in [0.3, 0.4) is 0 Å². The first kappa shape index (κ1) is 19.4. The fraction of sp³-hybridized carbons (Fsp3) is 0.364. The highest BCUT2D eigenvalue weighted by Gasteiger charge is 2.24. The van der Waals surface area contributed by atoms with Crippen LogP contribution in [0.4, 0.5) is 4.39 Å². The van der Waals surface area contributed by atoms with E-state index >= 15 is 0 Å². The summed E-state index contributed by atoms with van der Waals surface area (Å²) in [6.45, 7) is 7.61. The van der Waals surface area contributed by atoms with Gasteiger partial charge in [-0.25, -0.2) is 14.2 Å². The van der Waals surface area contributed by atoms with Crippen LogP contribution in [0.5, 0.6) is 0 Å². The summed E-state index contributed by atoms with van der Waals surface area (Å²) in [7, 11) is 0. The number of aromatic nitrogens is 2. The molecule has 3 aromatic heterocycles. The van der Waals surface area contributed by atoms with E-state index in [4.69, 9.17) is 4.42 Å². The van der Waals surface area contributed by atoms with Crippen molar-refractivity contribution < 1.29 is 8.81 Å². The third-order valence-electron chi connectivity index (χ3n) is 5.81. The van der Waals surface area contributed by atoms with E-state index in [2.05, 4.69) is 35.2 Å². The van der Waals surface area contributed by atoms with E-state index in [1.54, 1.807) is 23.5 Å². The summed E-state index contributed by atoms with van der Waals surface area (Å²) in [5.74, 6) is -0.432. The Hall–Kier alpha value is -2.55. The number of fused-ring (bicyclic) bond motifs is 2. The maximum absolute atomic E-state index is 13.4. The molecule has 2 atom stereocenters. The molecule has 0 aliphatic carbocycles. The van der Waals surface area contributed by atoms with E-state index in [1.165, 1.54) is 17.0 Å². The van der Waals surface area contributed by atoms with Crippen LogP contribution in [0, 0.1) is 5.82 Å². The van der Waals surface area contributed by atoms with Gasteiger partial charge in [0.25, 0.3) is 0 Å².